The van der Waals surface area contributed by atoms with E-state index < -0.39 is 0 Å². The number of nitrogens with one attached hydrogen (secondary N) is 1. The van der Waals surface area contributed by atoms with Gasteiger partial charge in [0.15, 0.2) is 0 Å². The second-order valence-corrected chi connectivity index (χ2v) is 6.63. The van der Waals surface area contributed by atoms with Gasteiger partial charge in [-0.3, -0.25) is 10.2 Å². The van der Waals surface area contributed by atoms with Crippen molar-refractivity contribution in [1.82, 2.24) is 5.43 Å². The number of carbonyl (C=O) groups is 1. The van der Waals surface area contributed by atoms with Gasteiger partial charge in [-0.15, -0.1) is 11.3 Å². The Labute approximate surface area is 140 Å². The second kappa shape index (κ2) is 6.85. The first-order chi connectivity index (χ1) is 9.92. The van der Waals surface area contributed by atoms with Gasteiger partial charge in [0, 0.05) is 16.5 Å². The fraction of sp³-hybridized carbons (Fsp3) is 0.154. The highest BCUT2D eigenvalue weighted by Crippen LogP contribution is 2.34. The molecule has 0 bridgehead atoms. The van der Waals surface area contributed by atoms with Gasteiger partial charge in [0.2, 0.25) is 0 Å². The first-order valence-electron chi connectivity index (χ1n) is 5.80. The predicted octanol–water partition coefficient (Wildman–Crippen LogP) is 4.20. The molecule has 0 aliphatic rings. The Bertz CT molecular complexity index is 688. The van der Waals surface area contributed by atoms with Gasteiger partial charge >= 0.3 is 0 Å². The Kier molecular flexibility index (Phi) is 5.35. The molecular weight excluding hydrogens is 355 g/mol. The maximum atomic E-state index is 11.5. The zero-order valence-corrected chi connectivity index (χ0v) is 14.0. The van der Waals surface area contributed by atoms with Crippen molar-refractivity contribution in [2.24, 2.45) is 5.84 Å². The van der Waals surface area contributed by atoms with Crippen LogP contribution in [-0.4, -0.2) is 5.91 Å². The Morgan fingerprint density at radius 2 is 1.90 bits per heavy atom. The number of ether oxygens (including phenoxy) is 1. The van der Waals surface area contributed by atoms with E-state index in [4.69, 9.17) is 45.4 Å². The number of rotatable bonds is 4. The standard InChI is InChI=1S/C13H11Cl3N2O2S/c1-6-7(2-12(21-6)13(19)18-17)5-20-11-4-9(15)8(14)3-10(11)16/h2-4H,5,17H2,1H3,(H,18,19). The van der Waals surface area contributed by atoms with E-state index in [0.717, 1.165) is 10.4 Å². The molecule has 1 aromatic carbocycles. The lowest BCUT2D eigenvalue weighted by Gasteiger charge is -2.09. The summed E-state index contributed by atoms with van der Waals surface area (Å²) in [5, 5.41) is 1.10. The zero-order chi connectivity index (χ0) is 15.6. The summed E-state index contributed by atoms with van der Waals surface area (Å²) < 4.78 is 5.63. The third-order valence-electron chi connectivity index (χ3n) is 2.73. The van der Waals surface area contributed by atoms with Crippen molar-refractivity contribution in [2.45, 2.75) is 13.5 Å². The number of carbonyl (C=O) groups excluding carboxylic acids is 1. The van der Waals surface area contributed by atoms with Gasteiger partial charge in [0.1, 0.15) is 12.4 Å². The number of hydrogen-bond acceptors (Lipinski definition) is 4. The van der Waals surface area contributed by atoms with Crippen molar-refractivity contribution in [2.75, 3.05) is 0 Å². The lowest BCUT2D eigenvalue weighted by Crippen LogP contribution is -2.29. The quantitative estimate of drug-likeness (QED) is 0.369. The summed E-state index contributed by atoms with van der Waals surface area (Å²) in [4.78, 5) is 13.0. The van der Waals surface area contributed by atoms with Gasteiger partial charge in [-0.05, 0) is 19.1 Å². The molecule has 1 aromatic heterocycles. The van der Waals surface area contributed by atoms with Gasteiger partial charge in [0.25, 0.3) is 5.91 Å². The molecule has 3 N–H and O–H groups in total. The molecule has 0 aliphatic heterocycles. The maximum absolute atomic E-state index is 11.5. The van der Waals surface area contributed by atoms with Crippen LogP contribution in [0.15, 0.2) is 18.2 Å². The van der Waals surface area contributed by atoms with Crippen molar-refractivity contribution in [3.05, 3.63) is 48.6 Å². The van der Waals surface area contributed by atoms with Crippen molar-refractivity contribution in [1.29, 1.82) is 0 Å². The van der Waals surface area contributed by atoms with E-state index in [1.807, 2.05) is 6.92 Å². The highest BCUT2D eigenvalue weighted by Gasteiger charge is 2.13. The SMILES string of the molecule is Cc1sc(C(=O)NN)cc1COc1cc(Cl)c(Cl)cc1Cl. The first-order valence-corrected chi connectivity index (χ1v) is 7.75. The molecule has 1 amide bonds. The van der Waals surface area contributed by atoms with Gasteiger partial charge < -0.3 is 4.74 Å². The molecular formula is C13H11Cl3N2O2S. The van der Waals surface area contributed by atoms with Crippen molar-refractivity contribution in [3.63, 3.8) is 0 Å². The number of nitrogens with two attached hydrogens (primary N) is 1. The highest BCUT2D eigenvalue weighted by molar-refractivity contribution is 7.14. The third kappa shape index (κ3) is 3.81. The van der Waals surface area contributed by atoms with E-state index in [-0.39, 0.29) is 12.5 Å². The van der Waals surface area contributed by atoms with Crippen LogP contribution in [0.5, 0.6) is 5.75 Å². The molecule has 0 radical (unpaired) electrons. The van der Waals surface area contributed by atoms with E-state index in [1.54, 1.807) is 12.1 Å². The summed E-state index contributed by atoms with van der Waals surface area (Å²) in [6, 6.07) is 4.81. The predicted molar refractivity (Wildman–Crippen MR) is 86.5 cm³/mol. The van der Waals surface area contributed by atoms with Crippen LogP contribution < -0.4 is 16.0 Å². The molecule has 0 spiro atoms. The average molecular weight is 366 g/mol. The molecule has 0 fully saturated rings. The van der Waals surface area contributed by atoms with E-state index in [1.165, 1.54) is 17.4 Å². The molecule has 112 valence electrons. The number of hydrogen-bond donors (Lipinski definition) is 2. The molecule has 0 saturated heterocycles. The molecule has 0 atom stereocenters. The summed E-state index contributed by atoms with van der Waals surface area (Å²) in [5.74, 6) is 5.21. The Morgan fingerprint density at radius 1 is 1.24 bits per heavy atom. The number of benzene rings is 1. The molecule has 21 heavy (non-hydrogen) atoms. The number of thiophene rings is 1. The van der Waals surface area contributed by atoms with Gasteiger partial charge in [-0.2, -0.15) is 0 Å². The molecule has 0 unspecified atom stereocenters. The summed E-state index contributed by atoms with van der Waals surface area (Å²) in [7, 11) is 0. The lowest BCUT2D eigenvalue weighted by atomic mass is 10.2. The lowest BCUT2D eigenvalue weighted by molar-refractivity contribution is 0.0957. The Balaban J connectivity index is 2.15. The molecule has 1 heterocycles. The maximum Gasteiger partial charge on any atom is 0.275 e. The van der Waals surface area contributed by atoms with E-state index in [2.05, 4.69) is 5.43 Å². The van der Waals surface area contributed by atoms with Crippen LogP contribution >= 0.6 is 46.1 Å². The molecule has 0 aliphatic carbocycles. The molecule has 8 heteroatoms. The normalized spacial score (nSPS) is 10.5. The first kappa shape index (κ1) is 16.4. The molecule has 4 nitrogen and oxygen atoms in total. The average Bonchev–Trinajstić information content (AvgIpc) is 2.82. The van der Waals surface area contributed by atoms with E-state index in [9.17, 15) is 4.79 Å². The number of nitrogen functional groups attached to an aromatic ring is 1. The number of amides is 1. The minimum atomic E-state index is -0.332. The van der Waals surface area contributed by atoms with Gasteiger partial charge in [0.05, 0.1) is 19.9 Å². The molecule has 2 rings (SSSR count). The monoisotopic (exact) mass is 364 g/mol. The third-order valence-corrected chi connectivity index (χ3v) is 4.84. The second-order valence-electron chi connectivity index (χ2n) is 4.15. The minimum Gasteiger partial charge on any atom is -0.487 e. The summed E-state index contributed by atoms with van der Waals surface area (Å²) in [6.07, 6.45) is 0. The summed E-state index contributed by atoms with van der Waals surface area (Å²) in [6.45, 7) is 2.16. The highest BCUT2D eigenvalue weighted by atomic mass is 35.5. The van der Waals surface area contributed by atoms with Crippen LogP contribution in [0.1, 0.15) is 20.1 Å². The van der Waals surface area contributed by atoms with Crippen LogP contribution in [0, 0.1) is 6.92 Å². The molecule has 2 aromatic rings. The summed E-state index contributed by atoms with van der Waals surface area (Å²) in [5.41, 5.74) is 2.97. The van der Waals surface area contributed by atoms with Gasteiger partial charge in [-0.1, -0.05) is 34.8 Å². The van der Waals surface area contributed by atoms with Crippen molar-refractivity contribution in [3.8, 4) is 5.75 Å². The minimum absolute atomic E-state index is 0.262. The van der Waals surface area contributed by atoms with Crippen LogP contribution in [-0.2, 0) is 6.61 Å². The van der Waals surface area contributed by atoms with Gasteiger partial charge in [-0.25, -0.2) is 5.84 Å². The van der Waals surface area contributed by atoms with Crippen molar-refractivity contribution < 1.29 is 9.53 Å². The van der Waals surface area contributed by atoms with Crippen LogP contribution in [0.25, 0.3) is 0 Å². The summed E-state index contributed by atoms with van der Waals surface area (Å²) >= 11 is 19.2. The fourth-order valence-corrected chi connectivity index (χ4v) is 3.14. The fourth-order valence-electron chi connectivity index (χ4n) is 1.62. The Hall–Kier alpha value is -0.980. The molecule has 0 saturated carbocycles. The van der Waals surface area contributed by atoms with E-state index >= 15 is 0 Å². The largest absolute Gasteiger partial charge is 0.487 e. The Morgan fingerprint density at radius 3 is 2.57 bits per heavy atom. The van der Waals surface area contributed by atoms with Crippen LogP contribution in [0.2, 0.25) is 15.1 Å². The topological polar surface area (TPSA) is 64.4 Å². The van der Waals surface area contributed by atoms with Crippen LogP contribution in [0.3, 0.4) is 0 Å². The number of halogens is 3. The number of hydrazine groups is 1. The van der Waals surface area contributed by atoms with Crippen LogP contribution in [0.4, 0.5) is 0 Å². The smallest absolute Gasteiger partial charge is 0.275 e. The van der Waals surface area contributed by atoms with Crippen molar-refractivity contribution >= 4 is 52.0 Å². The van der Waals surface area contributed by atoms with E-state index in [0.29, 0.717) is 25.7 Å². The number of aryl methyl sites for hydroxylation is 1. The zero-order valence-electron chi connectivity index (χ0n) is 10.9.